The first-order chi connectivity index (χ1) is 13.7. The van der Waals surface area contributed by atoms with Crippen molar-refractivity contribution in [3.63, 3.8) is 0 Å². The lowest BCUT2D eigenvalue weighted by molar-refractivity contribution is 0.0743. The van der Waals surface area contributed by atoms with Crippen molar-refractivity contribution in [2.75, 3.05) is 25.2 Å². The second kappa shape index (κ2) is 8.74. The highest BCUT2D eigenvalue weighted by Gasteiger charge is 2.34. The second-order valence-corrected chi connectivity index (χ2v) is 9.16. The fourth-order valence-electron chi connectivity index (χ4n) is 4.24. The highest BCUT2D eigenvalue weighted by molar-refractivity contribution is 7.98. The smallest absolute Gasteiger partial charge is 0.258 e. The second-order valence-electron chi connectivity index (χ2n) is 7.85. The fraction of sp³-hybridized carbons (Fsp3) is 0.619. The monoisotopic (exact) mass is 401 g/mol. The number of fused-ring (bicyclic) bond motifs is 3. The summed E-state index contributed by atoms with van der Waals surface area (Å²) in [4.78, 5) is 24.7. The quantitative estimate of drug-likeness (QED) is 0.754. The first-order valence-corrected chi connectivity index (χ1v) is 11.4. The summed E-state index contributed by atoms with van der Waals surface area (Å²) in [6, 6.07) is 2.58. The molecule has 2 fully saturated rings. The van der Waals surface area contributed by atoms with Crippen LogP contribution in [0.3, 0.4) is 0 Å². The lowest BCUT2D eigenvalue weighted by Gasteiger charge is -2.43. The highest BCUT2D eigenvalue weighted by Crippen LogP contribution is 2.37. The van der Waals surface area contributed by atoms with E-state index < -0.39 is 0 Å². The molecule has 2 N–H and O–H groups in total. The number of pyridine rings is 1. The van der Waals surface area contributed by atoms with E-state index in [-0.39, 0.29) is 5.91 Å². The van der Waals surface area contributed by atoms with E-state index in [0.29, 0.717) is 12.7 Å². The third-order valence-corrected chi connectivity index (χ3v) is 6.93. The Morgan fingerprint density at radius 1 is 1.25 bits per heavy atom. The highest BCUT2D eigenvalue weighted by atomic mass is 32.2. The summed E-state index contributed by atoms with van der Waals surface area (Å²) in [5.41, 5.74) is 2.72. The van der Waals surface area contributed by atoms with Gasteiger partial charge in [0.05, 0.1) is 17.9 Å². The third kappa shape index (κ3) is 4.01. The van der Waals surface area contributed by atoms with Gasteiger partial charge >= 0.3 is 0 Å². The molecule has 0 radical (unpaired) electrons. The Morgan fingerprint density at radius 3 is 2.68 bits per heavy atom. The van der Waals surface area contributed by atoms with Crippen LogP contribution in [0.1, 0.15) is 62.2 Å². The first kappa shape index (κ1) is 19.6. The van der Waals surface area contributed by atoms with Gasteiger partial charge in [-0.15, -0.1) is 0 Å². The van der Waals surface area contributed by atoms with Gasteiger partial charge in [-0.1, -0.05) is 31.2 Å². The van der Waals surface area contributed by atoms with Crippen molar-refractivity contribution in [3.05, 3.63) is 24.0 Å². The van der Waals surface area contributed by atoms with Crippen LogP contribution in [0.4, 0.5) is 5.69 Å². The zero-order valence-electron chi connectivity index (χ0n) is 16.9. The van der Waals surface area contributed by atoms with Gasteiger partial charge in [-0.05, 0) is 45.7 Å². The van der Waals surface area contributed by atoms with Crippen LogP contribution in [0.15, 0.2) is 18.5 Å². The molecule has 7 heteroatoms. The number of amides is 1. The molecule has 3 aliphatic rings. The van der Waals surface area contributed by atoms with Gasteiger partial charge in [-0.2, -0.15) is 0 Å². The van der Waals surface area contributed by atoms with Crippen LogP contribution < -0.4 is 9.62 Å². The van der Waals surface area contributed by atoms with Gasteiger partial charge in [-0.25, -0.2) is 4.98 Å². The van der Waals surface area contributed by atoms with Crippen molar-refractivity contribution < 1.29 is 4.79 Å². The molecule has 28 heavy (non-hydrogen) atoms. The summed E-state index contributed by atoms with van der Waals surface area (Å²) < 4.78 is 3.05. The van der Waals surface area contributed by atoms with E-state index in [1.54, 1.807) is 6.20 Å². The van der Waals surface area contributed by atoms with E-state index in [1.807, 2.05) is 43.1 Å². The molecule has 5 rings (SSSR count). The molecule has 0 aromatic carbocycles. The van der Waals surface area contributed by atoms with Crippen LogP contribution in [0, 0.1) is 0 Å². The number of aromatic nitrogens is 2. The zero-order valence-corrected chi connectivity index (χ0v) is 17.7. The predicted octanol–water partition coefficient (Wildman–Crippen LogP) is 4.15. The number of carbonyl (C=O) groups excluding carboxylic acids is 1. The number of hydrogen-bond donors (Lipinski definition) is 2. The summed E-state index contributed by atoms with van der Waals surface area (Å²) >= 11 is 1.85. The van der Waals surface area contributed by atoms with E-state index >= 15 is 0 Å². The van der Waals surface area contributed by atoms with Crippen molar-refractivity contribution in [2.24, 2.45) is 0 Å². The summed E-state index contributed by atoms with van der Waals surface area (Å²) in [6.45, 7) is 3.49. The topological polar surface area (TPSA) is 64.3 Å². The predicted molar refractivity (Wildman–Crippen MR) is 117 cm³/mol. The summed E-state index contributed by atoms with van der Waals surface area (Å²) in [5, 5.41) is 2.03. The maximum absolute atomic E-state index is 12.7. The Morgan fingerprint density at radius 2 is 2.04 bits per heavy atom. The van der Waals surface area contributed by atoms with E-state index in [0.717, 1.165) is 34.1 Å². The number of hydrogen-bond acceptors (Lipinski definition) is 5. The van der Waals surface area contributed by atoms with Gasteiger partial charge in [0, 0.05) is 35.6 Å². The van der Waals surface area contributed by atoms with Crippen LogP contribution in [0.5, 0.6) is 0 Å². The van der Waals surface area contributed by atoms with Crippen LogP contribution >= 0.6 is 11.9 Å². The third-order valence-electron chi connectivity index (χ3n) is 5.89. The molecular weight excluding hydrogens is 370 g/mol. The number of rotatable bonds is 4. The van der Waals surface area contributed by atoms with Crippen molar-refractivity contribution in [1.82, 2.24) is 19.6 Å². The van der Waals surface area contributed by atoms with E-state index in [4.69, 9.17) is 0 Å². The summed E-state index contributed by atoms with van der Waals surface area (Å²) in [5.74, 6) is 0.111. The van der Waals surface area contributed by atoms with Crippen molar-refractivity contribution in [3.8, 4) is 0 Å². The molecule has 6 nitrogen and oxygen atoms in total. The van der Waals surface area contributed by atoms with E-state index in [1.165, 1.54) is 44.9 Å². The van der Waals surface area contributed by atoms with Crippen LogP contribution in [0.2, 0.25) is 0 Å². The molecule has 0 saturated heterocycles. The molecule has 2 aromatic heterocycles. The van der Waals surface area contributed by atoms with Crippen LogP contribution in [0.25, 0.3) is 11.0 Å². The maximum atomic E-state index is 12.7. The Kier molecular flexibility index (Phi) is 6.11. The molecule has 0 unspecified atom stereocenters. The molecule has 2 aromatic rings. The molecule has 0 spiro atoms. The average Bonchev–Trinajstić information content (AvgIpc) is 3.42. The summed E-state index contributed by atoms with van der Waals surface area (Å²) in [6.07, 6.45) is 12.9. The molecule has 3 heterocycles. The van der Waals surface area contributed by atoms with E-state index in [2.05, 4.69) is 19.6 Å². The van der Waals surface area contributed by atoms with Crippen LogP contribution in [-0.2, 0) is 0 Å². The minimum Gasteiger partial charge on any atom is -0.349 e. The largest absolute Gasteiger partial charge is 0.349 e. The molecular formula is C21H31N5OS. The maximum Gasteiger partial charge on any atom is 0.258 e. The SMILES string of the molecule is CCN1CN(C2CCCCC2)c2c(cnc3[nH]ccc23)C1=O.CNSC1CC1. The lowest BCUT2D eigenvalue weighted by Crippen LogP contribution is -2.51. The van der Waals surface area contributed by atoms with Crippen LogP contribution in [-0.4, -0.2) is 52.3 Å². The van der Waals surface area contributed by atoms with Crippen molar-refractivity contribution in [2.45, 2.75) is 63.2 Å². The molecule has 0 atom stereocenters. The number of carbonyl (C=O) groups is 1. The van der Waals surface area contributed by atoms with Crippen molar-refractivity contribution in [1.29, 1.82) is 0 Å². The van der Waals surface area contributed by atoms with Gasteiger partial charge in [-0.3, -0.25) is 9.52 Å². The minimum absolute atomic E-state index is 0.111. The van der Waals surface area contributed by atoms with Gasteiger partial charge in [0.15, 0.2) is 0 Å². The molecule has 0 bridgehead atoms. The zero-order chi connectivity index (χ0) is 19.5. The number of nitrogens with zero attached hydrogens (tertiary/aromatic N) is 3. The van der Waals surface area contributed by atoms with Crippen molar-refractivity contribution >= 4 is 34.6 Å². The van der Waals surface area contributed by atoms with E-state index in [9.17, 15) is 4.79 Å². The first-order valence-electron chi connectivity index (χ1n) is 10.6. The van der Waals surface area contributed by atoms with Gasteiger partial charge < -0.3 is 14.8 Å². The van der Waals surface area contributed by atoms with Gasteiger partial charge in [0.1, 0.15) is 5.65 Å². The number of aromatic amines is 1. The molecule has 1 amide bonds. The Balaban J connectivity index is 0.000000275. The molecule has 152 valence electrons. The van der Waals surface area contributed by atoms with Gasteiger partial charge in [0.25, 0.3) is 5.91 Å². The van der Waals surface area contributed by atoms with Gasteiger partial charge in [0.2, 0.25) is 0 Å². The number of H-pyrrole nitrogens is 1. The molecule has 1 aliphatic heterocycles. The Labute approximate surface area is 171 Å². The normalized spacial score (nSPS) is 20.1. The summed E-state index contributed by atoms with van der Waals surface area (Å²) in [7, 11) is 1.98. The molecule has 2 saturated carbocycles. The average molecular weight is 402 g/mol. The molecule has 2 aliphatic carbocycles. The Hall–Kier alpha value is -1.73. The Bertz CT molecular complexity index is 812. The standard InChI is InChI=1S/C17H22N4O.C4H9NS/c1-2-20-11-21(12-6-4-3-5-7-12)15-13-8-9-18-16(13)19-10-14(15)17(20)22;1-5-6-4-2-3-4/h8-10,12H,2-7,11H2,1H3,(H,18,19);4-5H,2-3H2,1H3. The number of nitrogens with one attached hydrogen (secondary N) is 2. The fourth-order valence-corrected chi connectivity index (χ4v) is 4.94. The minimum atomic E-state index is 0.111. The lowest BCUT2D eigenvalue weighted by atomic mass is 9.92. The number of anilines is 1.